The molecule has 0 atom stereocenters. The molecule has 1 amide bonds. The summed E-state index contributed by atoms with van der Waals surface area (Å²) in [7, 11) is -6.07. The molecule has 2 aliphatic rings. The van der Waals surface area contributed by atoms with Crippen molar-refractivity contribution in [3.8, 4) is 0 Å². The summed E-state index contributed by atoms with van der Waals surface area (Å²) < 4.78 is 57.9. The molecule has 0 radical (unpaired) electrons. The summed E-state index contributed by atoms with van der Waals surface area (Å²) in [6.45, 7) is -0.777. The Morgan fingerprint density at radius 1 is 1.12 bits per heavy atom. The van der Waals surface area contributed by atoms with Crippen molar-refractivity contribution in [3.63, 3.8) is 0 Å². The number of carbonyl (C=O) groups is 3. The van der Waals surface area contributed by atoms with Gasteiger partial charge in [0.25, 0.3) is 16.0 Å². The normalized spacial score (nSPS) is 18.0. The van der Waals surface area contributed by atoms with Crippen LogP contribution in [0.25, 0.3) is 0 Å². The van der Waals surface area contributed by atoms with Crippen LogP contribution in [0.1, 0.15) is 18.2 Å². The summed E-state index contributed by atoms with van der Waals surface area (Å²) in [5.74, 6) is -2.54. The van der Waals surface area contributed by atoms with Gasteiger partial charge in [-0.2, -0.15) is 8.42 Å². The van der Waals surface area contributed by atoms with Gasteiger partial charge in [-0.15, -0.1) is 10.6 Å². The van der Waals surface area contributed by atoms with Gasteiger partial charge >= 0.3 is 35.5 Å². The summed E-state index contributed by atoms with van der Waals surface area (Å²) in [6.07, 6.45) is 6.31. The standard InChI is InChI=1S/C27H28N2O10S3.Na.H/c1-28(24(30)16-39-17-26(31)32)18-11-12-20-21(15-18)40-25(29(20)13-6-14-41(34,35)36)10-5-4-9-23-27(33)19-7-2-3-8-22(19)42(23,37)38;;/h2-5,7-12,15,37-38H,6,13-14,16-17H2,1H3,(H,31,32)(H,34,35,36);;/q;+1;-1. The molecule has 0 saturated heterocycles. The number of likely N-dealkylation sites (N-methyl/N-ethyl adjacent to an activating group) is 1. The Kier molecular flexibility index (Phi) is 11.9. The first-order chi connectivity index (χ1) is 19.8. The molecule has 0 unspecified atom stereocenters. The number of anilines is 2. The zero-order valence-corrected chi connectivity index (χ0v) is 27.7. The van der Waals surface area contributed by atoms with E-state index in [4.69, 9.17) is 14.4 Å². The van der Waals surface area contributed by atoms with Crippen molar-refractivity contribution in [1.82, 2.24) is 0 Å². The Bertz CT molecular complexity index is 1630. The number of carbonyl (C=O) groups excluding carboxylic acids is 2. The molecule has 2 heterocycles. The fourth-order valence-electron chi connectivity index (χ4n) is 4.26. The summed E-state index contributed by atoms with van der Waals surface area (Å²) in [5, 5.41) is 9.37. The van der Waals surface area contributed by atoms with E-state index in [0.29, 0.717) is 10.7 Å². The SMILES string of the molecule is CN(C(=O)COCC(=O)O)c1ccc2c(c1)SC(=CC=CC=C1C(=O)c3ccccc3S1(O)O)N2CCCS(=O)(=O)O.[H-].[Na+]. The van der Waals surface area contributed by atoms with Crippen molar-refractivity contribution in [2.75, 3.05) is 42.4 Å². The van der Waals surface area contributed by atoms with Crippen molar-refractivity contribution in [2.45, 2.75) is 16.2 Å². The zero-order chi connectivity index (χ0) is 30.7. The number of hydrogen-bond acceptors (Lipinski definition) is 10. The van der Waals surface area contributed by atoms with Gasteiger partial charge < -0.3 is 21.1 Å². The van der Waals surface area contributed by atoms with E-state index in [1.54, 1.807) is 42.5 Å². The number of carboxylic acid groups (broad SMARTS) is 1. The van der Waals surface area contributed by atoms with Crippen molar-refractivity contribution in [3.05, 3.63) is 82.3 Å². The summed E-state index contributed by atoms with van der Waals surface area (Å²) in [4.78, 5) is 39.8. The summed E-state index contributed by atoms with van der Waals surface area (Å²) in [6, 6.07) is 11.5. The van der Waals surface area contributed by atoms with Crippen LogP contribution in [0.4, 0.5) is 11.4 Å². The van der Waals surface area contributed by atoms with E-state index >= 15 is 0 Å². The van der Waals surface area contributed by atoms with Crippen LogP contribution in [0.3, 0.4) is 0 Å². The molecule has 0 bridgehead atoms. The van der Waals surface area contributed by atoms with Crippen LogP contribution in [-0.4, -0.2) is 77.4 Å². The van der Waals surface area contributed by atoms with Crippen molar-refractivity contribution in [1.29, 1.82) is 0 Å². The van der Waals surface area contributed by atoms with Gasteiger partial charge in [0.15, 0.2) is 0 Å². The van der Waals surface area contributed by atoms with Gasteiger partial charge in [-0.3, -0.25) is 23.2 Å². The van der Waals surface area contributed by atoms with Gasteiger partial charge in [0.05, 0.1) is 21.4 Å². The molecule has 0 aliphatic carbocycles. The topological polar surface area (TPSA) is 182 Å². The maximum absolute atomic E-state index is 12.7. The molecule has 2 aromatic carbocycles. The Morgan fingerprint density at radius 2 is 1.81 bits per heavy atom. The van der Waals surface area contributed by atoms with Crippen LogP contribution in [0.5, 0.6) is 0 Å². The molecule has 4 rings (SSSR count). The minimum Gasteiger partial charge on any atom is -1.00 e. The number of aliphatic carboxylic acids is 1. The van der Waals surface area contributed by atoms with Gasteiger partial charge in [-0.25, -0.2) is 4.79 Å². The van der Waals surface area contributed by atoms with Gasteiger partial charge in [-0.1, -0.05) is 36.0 Å². The molecule has 2 aliphatic heterocycles. The first kappa shape index (κ1) is 35.0. The van der Waals surface area contributed by atoms with Crippen LogP contribution in [0.15, 0.2) is 86.5 Å². The van der Waals surface area contributed by atoms with Crippen molar-refractivity contribution < 1.29 is 77.3 Å². The number of hydrogen-bond donors (Lipinski definition) is 4. The Hall–Kier alpha value is -2.44. The predicted octanol–water partition coefficient (Wildman–Crippen LogP) is 1.34. The van der Waals surface area contributed by atoms with Gasteiger partial charge in [0, 0.05) is 29.7 Å². The minimum atomic E-state index is -4.17. The number of carboxylic acids is 1. The van der Waals surface area contributed by atoms with E-state index in [9.17, 15) is 31.9 Å². The van der Waals surface area contributed by atoms with Gasteiger partial charge in [0.2, 0.25) is 5.78 Å². The second-order valence-corrected chi connectivity index (χ2v) is 13.8. The van der Waals surface area contributed by atoms with Crippen LogP contribution in [0.2, 0.25) is 0 Å². The van der Waals surface area contributed by atoms with Gasteiger partial charge in [-0.05, 0) is 48.9 Å². The van der Waals surface area contributed by atoms with Gasteiger partial charge in [0.1, 0.15) is 18.1 Å². The maximum Gasteiger partial charge on any atom is 1.00 e. The zero-order valence-electron chi connectivity index (χ0n) is 24.2. The first-order valence-corrected chi connectivity index (χ1v) is 16.4. The number of nitrogens with zero attached hydrogens (tertiary/aromatic N) is 2. The van der Waals surface area contributed by atoms with E-state index < -0.39 is 57.3 Å². The van der Waals surface area contributed by atoms with Crippen LogP contribution < -0.4 is 39.4 Å². The average Bonchev–Trinajstić information content (AvgIpc) is 3.36. The molecule has 12 nitrogen and oxygen atoms in total. The third-order valence-electron chi connectivity index (χ3n) is 6.28. The second-order valence-electron chi connectivity index (χ2n) is 9.18. The smallest absolute Gasteiger partial charge is 1.00 e. The molecule has 0 saturated carbocycles. The Morgan fingerprint density at radius 3 is 2.49 bits per heavy atom. The molecule has 43 heavy (non-hydrogen) atoms. The number of ether oxygens (including phenoxy) is 1. The van der Waals surface area contributed by atoms with E-state index in [1.807, 2.05) is 4.90 Å². The second kappa shape index (κ2) is 14.6. The molecular formula is C27H29N2NaO10S3. The Balaban J connectivity index is 0.00000337. The number of benzene rings is 2. The molecule has 2 aromatic rings. The van der Waals surface area contributed by atoms with E-state index in [2.05, 4.69) is 0 Å². The van der Waals surface area contributed by atoms with E-state index in [1.165, 1.54) is 48.0 Å². The number of thioether (sulfide) groups is 1. The van der Waals surface area contributed by atoms with Crippen LogP contribution in [-0.2, 0) is 24.4 Å². The summed E-state index contributed by atoms with van der Waals surface area (Å²) >= 11 is 1.34. The number of rotatable bonds is 11. The number of allylic oxidation sites excluding steroid dienone is 5. The van der Waals surface area contributed by atoms with Crippen LogP contribution >= 0.6 is 22.4 Å². The van der Waals surface area contributed by atoms with E-state index in [0.717, 1.165) is 10.6 Å². The maximum atomic E-state index is 12.7. The Labute approximate surface area is 278 Å². The molecule has 0 spiro atoms. The third-order valence-corrected chi connectivity index (χ3v) is 10.1. The molecule has 16 heteroatoms. The number of fused-ring (bicyclic) bond motifs is 2. The number of amides is 1. The average molecular weight is 661 g/mol. The monoisotopic (exact) mass is 660 g/mol. The molecule has 226 valence electrons. The molecule has 0 aromatic heterocycles. The van der Waals surface area contributed by atoms with Crippen molar-refractivity contribution in [2.24, 2.45) is 0 Å². The summed E-state index contributed by atoms with van der Waals surface area (Å²) in [5.41, 5.74) is 1.50. The van der Waals surface area contributed by atoms with Crippen molar-refractivity contribution >= 4 is 61.5 Å². The third kappa shape index (κ3) is 8.39. The first-order valence-electron chi connectivity index (χ1n) is 12.4. The minimum absolute atomic E-state index is 0. The number of ketones is 1. The molecule has 0 fully saturated rings. The quantitative estimate of drug-likeness (QED) is 0.155. The molecular weight excluding hydrogens is 631 g/mol. The van der Waals surface area contributed by atoms with E-state index in [-0.39, 0.29) is 59.3 Å². The molecule has 4 N–H and O–H groups in total. The van der Waals surface area contributed by atoms with Crippen LogP contribution in [0, 0.1) is 0 Å². The fourth-order valence-corrected chi connectivity index (χ4v) is 7.50. The predicted molar refractivity (Wildman–Crippen MR) is 161 cm³/mol. The number of Topliss-reactive ketones (excluding diaryl/α,β-unsaturated/α-hetero) is 1. The fraction of sp³-hybridized carbons (Fsp3) is 0.222. The largest absolute Gasteiger partial charge is 1.00 e.